The van der Waals surface area contributed by atoms with Gasteiger partial charge in [-0.2, -0.15) is 0 Å². The lowest BCUT2D eigenvalue weighted by Crippen LogP contribution is -2.41. The summed E-state index contributed by atoms with van der Waals surface area (Å²) in [4.78, 5) is 28.7. The Morgan fingerprint density at radius 1 is 1.00 bits per heavy atom. The third-order valence-electron chi connectivity index (χ3n) is 4.48. The molecule has 1 aromatic heterocycles. The number of amides is 1. The first-order chi connectivity index (χ1) is 14.0. The second-order valence-electron chi connectivity index (χ2n) is 7.21. The smallest absolute Gasteiger partial charge is 0.326 e. The van der Waals surface area contributed by atoms with Crippen molar-refractivity contribution in [3.8, 4) is 17.1 Å². The number of nitrogens with one attached hydrogen (secondary N) is 1. The summed E-state index contributed by atoms with van der Waals surface area (Å²) < 4.78 is 1.59. The van der Waals surface area contributed by atoms with Crippen LogP contribution in [0.3, 0.4) is 0 Å². The maximum atomic E-state index is 12.7. The summed E-state index contributed by atoms with van der Waals surface area (Å²) >= 11 is 0. The fourth-order valence-electron chi connectivity index (χ4n) is 2.91. The topological polar surface area (TPSA) is 97.1 Å². The van der Waals surface area contributed by atoms with Gasteiger partial charge in [0.25, 0.3) is 5.91 Å². The molecule has 0 spiro atoms. The predicted molar refractivity (Wildman–Crippen MR) is 110 cm³/mol. The zero-order valence-corrected chi connectivity index (χ0v) is 16.4. The summed E-state index contributed by atoms with van der Waals surface area (Å²) in [5, 5.41) is 16.4. The quantitative estimate of drug-likeness (QED) is 0.611. The number of aliphatic carboxylic acids is 1. The van der Waals surface area contributed by atoms with E-state index in [1.165, 1.54) is 0 Å². The van der Waals surface area contributed by atoms with Crippen molar-refractivity contribution in [3.63, 3.8) is 0 Å². The van der Waals surface area contributed by atoms with Crippen LogP contribution in [-0.4, -0.2) is 37.8 Å². The highest BCUT2D eigenvalue weighted by molar-refractivity contribution is 5.93. The molecular formula is C22H24N4O3. The van der Waals surface area contributed by atoms with Crippen LogP contribution in [0.2, 0.25) is 0 Å². The van der Waals surface area contributed by atoms with E-state index < -0.39 is 17.9 Å². The van der Waals surface area contributed by atoms with E-state index in [9.17, 15) is 14.7 Å². The number of hydrogen-bond donors (Lipinski definition) is 2. The van der Waals surface area contributed by atoms with Crippen molar-refractivity contribution < 1.29 is 14.7 Å². The Hall–Kier alpha value is -3.48. The molecule has 150 valence electrons. The number of aromatic nitrogens is 3. The van der Waals surface area contributed by atoms with Gasteiger partial charge in [0.05, 0.1) is 5.69 Å². The molecule has 3 rings (SSSR count). The van der Waals surface area contributed by atoms with Gasteiger partial charge in [-0.25, -0.2) is 14.5 Å². The SMILES string of the molecule is CC(C)CC[C@H](NC(=O)c1nc(-c2ccccc2)n(-c2ccccc2)n1)C(=O)O. The van der Waals surface area contributed by atoms with E-state index >= 15 is 0 Å². The van der Waals surface area contributed by atoms with Crippen molar-refractivity contribution in [2.24, 2.45) is 5.92 Å². The van der Waals surface area contributed by atoms with Crippen molar-refractivity contribution in [1.82, 2.24) is 20.1 Å². The van der Waals surface area contributed by atoms with E-state index in [-0.39, 0.29) is 5.82 Å². The van der Waals surface area contributed by atoms with E-state index in [1.807, 2.05) is 74.5 Å². The first kappa shape index (κ1) is 20.3. The van der Waals surface area contributed by atoms with Crippen molar-refractivity contribution in [2.45, 2.75) is 32.7 Å². The summed E-state index contributed by atoms with van der Waals surface area (Å²) in [7, 11) is 0. The Kier molecular flexibility index (Phi) is 6.39. The highest BCUT2D eigenvalue weighted by Crippen LogP contribution is 2.21. The van der Waals surface area contributed by atoms with Gasteiger partial charge in [0.15, 0.2) is 5.82 Å². The maximum Gasteiger partial charge on any atom is 0.326 e. The first-order valence-corrected chi connectivity index (χ1v) is 9.57. The molecule has 3 aromatic rings. The summed E-state index contributed by atoms with van der Waals surface area (Å²) in [6.45, 7) is 4.02. The van der Waals surface area contributed by atoms with E-state index in [0.29, 0.717) is 24.6 Å². The van der Waals surface area contributed by atoms with Crippen LogP contribution < -0.4 is 5.32 Å². The molecule has 1 atom stereocenters. The van der Waals surface area contributed by atoms with Gasteiger partial charge in [-0.05, 0) is 30.9 Å². The number of carbonyl (C=O) groups excluding carboxylic acids is 1. The molecular weight excluding hydrogens is 368 g/mol. The average molecular weight is 392 g/mol. The number of hydrogen-bond acceptors (Lipinski definition) is 4. The molecule has 1 heterocycles. The van der Waals surface area contributed by atoms with Gasteiger partial charge in [-0.3, -0.25) is 4.79 Å². The maximum absolute atomic E-state index is 12.7. The molecule has 0 fully saturated rings. The lowest BCUT2D eigenvalue weighted by molar-refractivity contribution is -0.139. The van der Waals surface area contributed by atoms with Gasteiger partial charge in [0.2, 0.25) is 5.82 Å². The summed E-state index contributed by atoms with van der Waals surface area (Å²) in [6, 6.07) is 17.8. The van der Waals surface area contributed by atoms with Gasteiger partial charge in [0.1, 0.15) is 6.04 Å². The zero-order valence-electron chi connectivity index (χ0n) is 16.4. The molecule has 1 amide bonds. The molecule has 2 N–H and O–H groups in total. The van der Waals surface area contributed by atoms with Crippen molar-refractivity contribution in [1.29, 1.82) is 0 Å². The fraction of sp³-hybridized carbons (Fsp3) is 0.273. The molecule has 0 radical (unpaired) electrons. The van der Waals surface area contributed by atoms with Crippen molar-refractivity contribution in [2.75, 3.05) is 0 Å². The second kappa shape index (κ2) is 9.14. The first-order valence-electron chi connectivity index (χ1n) is 9.57. The molecule has 0 saturated carbocycles. The van der Waals surface area contributed by atoms with E-state index in [2.05, 4.69) is 15.4 Å². The van der Waals surface area contributed by atoms with Gasteiger partial charge < -0.3 is 10.4 Å². The van der Waals surface area contributed by atoms with Crippen LogP contribution >= 0.6 is 0 Å². The Balaban J connectivity index is 1.92. The standard InChI is InChI=1S/C22H24N4O3/c1-15(2)13-14-18(22(28)29)23-21(27)19-24-20(16-9-5-3-6-10-16)26(25-19)17-11-7-4-8-12-17/h3-12,15,18H,13-14H2,1-2H3,(H,23,27)(H,28,29)/t18-/m0/s1. The predicted octanol–water partition coefficient (Wildman–Crippen LogP) is 3.55. The van der Waals surface area contributed by atoms with Crippen molar-refractivity contribution >= 4 is 11.9 Å². The Morgan fingerprint density at radius 2 is 1.62 bits per heavy atom. The minimum Gasteiger partial charge on any atom is -0.480 e. The van der Waals surface area contributed by atoms with Crippen molar-refractivity contribution in [3.05, 3.63) is 66.5 Å². The number of nitrogens with zero attached hydrogens (tertiary/aromatic N) is 3. The van der Waals surface area contributed by atoms with Crippen LogP contribution in [0.4, 0.5) is 0 Å². The van der Waals surface area contributed by atoms with E-state index in [0.717, 1.165) is 11.3 Å². The Morgan fingerprint density at radius 3 is 2.21 bits per heavy atom. The molecule has 0 bridgehead atoms. The molecule has 7 heteroatoms. The van der Waals surface area contributed by atoms with Crippen LogP contribution in [0.15, 0.2) is 60.7 Å². The number of carboxylic acid groups (broad SMARTS) is 1. The highest BCUT2D eigenvalue weighted by atomic mass is 16.4. The molecule has 7 nitrogen and oxygen atoms in total. The number of benzene rings is 2. The average Bonchev–Trinajstić information content (AvgIpc) is 3.17. The number of carboxylic acids is 1. The van der Waals surface area contributed by atoms with Gasteiger partial charge in [0, 0.05) is 5.56 Å². The zero-order chi connectivity index (χ0) is 20.8. The minimum atomic E-state index is -1.07. The Bertz CT molecular complexity index is 911. The van der Waals surface area contributed by atoms with E-state index in [4.69, 9.17) is 0 Å². The number of carbonyl (C=O) groups is 2. The summed E-state index contributed by atoms with van der Waals surface area (Å²) in [5.41, 5.74) is 1.56. The van der Waals surface area contributed by atoms with Crippen LogP contribution in [0.5, 0.6) is 0 Å². The van der Waals surface area contributed by atoms with Gasteiger partial charge >= 0.3 is 5.97 Å². The lowest BCUT2D eigenvalue weighted by Gasteiger charge is -2.14. The fourth-order valence-corrected chi connectivity index (χ4v) is 2.91. The highest BCUT2D eigenvalue weighted by Gasteiger charge is 2.24. The third-order valence-corrected chi connectivity index (χ3v) is 4.48. The molecule has 29 heavy (non-hydrogen) atoms. The summed E-state index contributed by atoms with van der Waals surface area (Å²) in [6.07, 6.45) is 1.04. The largest absolute Gasteiger partial charge is 0.480 e. The van der Waals surface area contributed by atoms with Crippen LogP contribution in [0.25, 0.3) is 17.1 Å². The Labute approximate surface area is 169 Å². The normalized spacial score (nSPS) is 12.0. The van der Waals surface area contributed by atoms with Crippen LogP contribution in [0.1, 0.15) is 37.3 Å². The van der Waals surface area contributed by atoms with Gasteiger partial charge in [-0.1, -0.05) is 62.4 Å². The molecule has 0 unspecified atom stereocenters. The minimum absolute atomic E-state index is 0.0662. The molecule has 0 aliphatic carbocycles. The summed E-state index contributed by atoms with van der Waals surface area (Å²) in [5.74, 6) is -0.883. The third kappa shape index (κ3) is 5.07. The second-order valence-corrected chi connectivity index (χ2v) is 7.21. The molecule has 0 aliphatic rings. The number of rotatable bonds is 8. The van der Waals surface area contributed by atoms with Crippen LogP contribution in [0, 0.1) is 5.92 Å². The van der Waals surface area contributed by atoms with Gasteiger partial charge in [-0.15, -0.1) is 5.10 Å². The van der Waals surface area contributed by atoms with Crippen LogP contribution in [-0.2, 0) is 4.79 Å². The lowest BCUT2D eigenvalue weighted by atomic mass is 10.0. The monoisotopic (exact) mass is 392 g/mol. The van der Waals surface area contributed by atoms with E-state index in [1.54, 1.807) is 4.68 Å². The number of para-hydroxylation sites is 1. The molecule has 2 aromatic carbocycles. The molecule has 0 saturated heterocycles. The molecule has 0 aliphatic heterocycles.